The van der Waals surface area contributed by atoms with Gasteiger partial charge in [-0.1, -0.05) is 50.7 Å². The Hall–Kier alpha value is -3.50. The molecular formula is C40H58N4O5S. The zero-order chi connectivity index (χ0) is 35.3. The summed E-state index contributed by atoms with van der Waals surface area (Å²) in [6, 6.07) is 10.9. The lowest BCUT2D eigenvalue weighted by molar-refractivity contribution is -0.123. The van der Waals surface area contributed by atoms with Gasteiger partial charge in [0.05, 0.1) is 24.1 Å². The molecule has 10 heteroatoms. The van der Waals surface area contributed by atoms with Crippen molar-refractivity contribution in [1.82, 2.24) is 15.3 Å². The van der Waals surface area contributed by atoms with E-state index in [-0.39, 0.29) is 25.4 Å². The summed E-state index contributed by atoms with van der Waals surface area (Å²) in [4.78, 5) is 35.3. The van der Waals surface area contributed by atoms with Crippen LogP contribution in [0.1, 0.15) is 119 Å². The van der Waals surface area contributed by atoms with Gasteiger partial charge in [-0.2, -0.15) is 0 Å². The van der Waals surface area contributed by atoms with E-state index < -0.39 is 0 Å². The summed E-state index contributed by atoms with van der Waals surface area (Å²) >= 11 is 1.77. The van der Waals surface area contributed by atoms with Crippen LogP contribution in [0.4, 0.5) is 10.6 Å². The third kappa shape index (κ3) is 11.0. The molecule has 0 bridgehead atoms. The molecule has 274 valence electrons. The highest BCUT2D eigenvalue weighted by Gasteiger charge is 2.28. The molecule has 7 rings (SSSR count). The Morgan fingerprint density at radius 1 is 0.880 bits per heavy atom. The van der Waals surface area contributed by atoms with Gasteiger partial charge >= 0.3 is 6.09 Å². The first-order valence-electron chi connectivity index (χ1n) is 18.6. The van der Waals surface area contributed by atoms with Crippen molar-refractivity contribution in [2.24, 2.45) is 5.92 Å². The molecule has 0 radical (unpaired) electrons. The van der Waals surface area contributed by atoms with Crippen molar-refractivity contribution in [3.8, 4) is 16.2 Å². The van der Waals surface area contributed by atoms with Crippen molar-refractivity contribution in [2.75, 3.05) is 39.4 Å². The SMILES string of the molecule is CN(C(=O)C1CCCCC1)c1cc(-c2cnc(C3CC3)s2)ccn1.COC(=O)NC1CCOCC1.COc1ccc(C2CCCCC2)cc1C.[HH]. The number of anilines is 1. The molecule has 1 N–H and O–H groups in total. The molecule has 0 unspecified atom stereocenters. The van der Waals surface area contributed by atoms with E-state index >= 15 is 0 Å². The Kier molecular flexibility index (Phi) is 14.5. The predicted molar refractivity (Wildman–Crippen MR) is 202 cm³/mol. The van der Waals surface area contributed by atoms with Crippen LogP contribution in [-0.2, 0) is 14.3 Å². The molecule has 0 atom stereocenters. The Bertz CT molecular complexity index is 1510. The van der Waals surface area contributed by atoms with Gasteiger partial charge in [0, 0.05) is 52.0 Å². The van der Waals surface area contributed by atoms with Crippen LogP contribution in [0.3, 0.4) is 0 Å². The molecule has 4 aliphatic rings. The molecule has 2 aromatic heterocycles. The van der Waals surface area contributed by atoms with Gasteiger partial charge in [-0.25, -0.2) is 14.8 Å². The number of carbonyl (C=O) groups excluding carboxylic acids is 2. The molecule has 9 nitrogen and oxygen atoms in total. The third-order valence-corrected chi connectivity index (χ3v) is 11.5. The minimum absolute atomic E-state index is 0. The number of nitrogens with zero attached hydrogens (tertiary/aromatic N) is 3. The third-order valence-electron chi connectivity index (χ3n) is 10.3. The zero-order valence-corrected chi connectivity index (χ0v) is 31.3. The summed E-state index contributed by atoms with van der Waals surface area (Å²) < 4.78 is 14.9. The van der Waals surface area contributed by atoms with E-state index in [2.05, 4.69) is 45.1 Å². The summed E-state index contributed by atoms with van der Waals surface area (Å²) in [5, 5.41) is 3.97. The monoisotopic (exact) mass is 706 g/mol. The number of rotatable bonds is 7. The lowest BCUT2D eigenvalue weighted by Gasteiger charge is -2.26. The molecule has 1 saturated heterocycles. The minimum Gasteiger partial charge on any atom is -0.496 e. The number of ether oxygens (including phenoxy) is 3. The van der Waals surface area contributed by atoms with Crippen molar-refractivity contribution < 1.29 is 25.2 Å². The number of methoxy groups -OCH3 is 2. The molecule has 1 aromatic carbocycles. The first-order chi connectivity index (χ1) is 24.4. The molecule has 50 heavy (non-hydrogen) atoms. The maximum atomic E-state index is 12.7. The highest BCUT2D eigenvalue weighted by atomic mass is 32.1. The predicted octanol–water partition coefficient (Wildman–Crippen LogP) is 9.44. The number of carbonyl (C=O) groups is 2. The summed E-state index contributed by atoms with van der Waals surface area (Å²) in [5.74, 6) is 3.60. The van der Waals surface area contributed by atoms with Crippen molar-refractivity contribution in [2.45, 2.75) is 115 Å². The Morgan fingerprint density at radius 2 is 1.58 bits per heavy atom. The van der Waals surface area contributed by atoms with E-state index in [9.17, 15) is 9.59 Å². The number of aryl methyl sites for hydroxylation is 1. The van der Waals surface area contributed by atoms with E-state index in [0.717, 1.165) is 61.9 Å². The number of nitrogens with one attached hydrogen (secondary N) is 1. The lowest BCUT2D eigenvalue weighted by Crippen LogP contribution is -2.38. The van der Waals surface area contributed by atoms with Gasteiger partial charge in [-0.05, 0) is 99.1 Å². The van der Waals surface area contributed by atoms with Crippen LogP contribution >= 0.6 is 11.3 Å². The van der Waals surface area contributed by atoms with Gasteiger partial charge in [0.15, 0.2) is 0 Å². The largest absolute Gasteiger partial charge is 0.496 e. The molecule has 3 aliphatic carbocycles. The fraction of sp³-hybridized carbons (Fsp3) is 0.600. The van der Waals surface area contributed by atoms with Gasteiger partial charge in [-0.3, -0.25) is 9.69 Å². The Balaban J connectivity index is 0.000000186. The van der Waals surface area contributed by atoms with E-state index in [0.29, 0.717) is 5.92 Å². The fourth-order valence-corrected chi connectivity index (χ4v) is 8.17. The summed E-state index contributed by atoms with van der Waals surface area (Å²) in [6.45, 7) is 3.59. The van der Waals surface area contributed by atoms with E-state index in [1.807, 2.05) is 25.4 Å². The van der Waals surface area contributed by atoms with Crippen LogP contribution in [0.2, 0.25) is 0 Å². The van der Waals surface area contributed by atoms with E-state index in [4.69, 9.17) is 9.47 Å². The maximum absolute atomic E-state index is 12.7. The number of pyridine rings is 1. The van der Waals surface area contributed by atoms with Crippen molar-refractivity contribution in [3.05, 3.63) is 58.9 Å². The lowest BCUT2D eigenvalue weighted by atomic mass is 9.83. The van der Waals surface area contributed by atoms with Crippen LogP contribution in [0, 0.1) is 12.8 Å². The Labute approximate surface area is 304 Å². The van der Waals surface area contributed by atoms with Gasteiger partial charge in [-0.15, -0.1) is 11.3 Å². The van der Waals surface area contributed by atoms with Gasteiger partial charge in [0.2, 0.25) is 5.91 Å². The smallest absolute Gasteiger partial charge is 0.407 e. The van der Waals surface area contributed by atoms with Crippen LogP contribution in [0.15, 0.2) is 42.7 Å². The average molecular weight is 707 g/mol. The molecule has 3 aromatic rings. The van der Waals surface area contributed by atoms with Crippen molar-refractivity contribution >= 4 is 29.2 Å². The molecule has 2 amide bonds. The normalized spacial score (nSPS) is 18.5. The van der Waals surface area contributed by atoms with Crippen LogP contribution in [0.5, 0.6) is 5.75 Å². The summed E-state index contributed by atoms with van der Waals surface area (Å²) in [7, 11) is 4.96. The van der Waals surface area contributed by atoms with Gasteiger partial charge in [0.1, 0.15) is 11.6 Å². The zero-order valence-electron chi connectivity index (χ0n) is 30.5. The van der Waals surface area contributed by atoms with Crippen LogP contribution < -0.4 is 15.0 Å². The second-order valence-electron chi connectivity index (χ2n) is 14.1. The molecule has 0 spiro atoms. The average Bonchev–Trinajstić information content (AvgIpc) is 3.91. The number of amides is 2. The number of benzene rings is 1. The quantitative estimate of drug-likeness (QED) is 0.261. The highest BCUT2D eigenvalue weighted by molar-refractivity contribution is 7.15. The van der Waals surface area contributed by atoms with Gasteiger partial charge in [0.25, 0.3) is 0 Å². The first-order valence-corrected chi connectivity index (χ1v) is 19.4. The molecule has 3 heterocycles. The van der Waals surface area contributed by atoms with Crippen LogP contribution in [0.25, 0.3) is 10.4 Å². The molecule has 4 fully saturated rings. The second-order valence-corrected chi connectivity index (χ2v) is 15.1. The molecule has 1 aliphatic heterocycles. The van der Waals surface area contributed by atoms with Crippen molar-refractivity contribution in [1.29, 1.82) is 0 Å². The molecular weight excluding hydrogens is 649 g/mol. The minimum atomic E-state index is -0.350. The fourth-order valence-electron chi connectivity index (χ4n) is 7.09. The van der Waals surface area contributed by atoms with Crippen molar-refractivity contribution in [3.63, 3.8) is 0 Å². The number of thiazole rings is 1. The number of hydrogen-bond donors (Lipinski definition) is 1. The van der Waals surface area contributed by atoms with E-state index in [1.165, 1.54) is 92.3 Å². The number of alkyl carbamates (subject to hydrolysis) is 1. The van der Waals surface area contributed by atoms with Gasteiger partial charge < -0.3 is 19.5 Å². The summed E-state index contributed by atoms with van der Waals surface area (Å²) in [5.41, 5.74) is 3.88. The summed E-state index contributed by atoms with van der Waals surface area (Å²) in [6.07, 6.45) is 20.3. The maximum Gasteiger partial charge on any atom is 0.407 e. The number of aromatic nitrogens is 2. The first kappa shape index (κ1) is 37.7. The molecule has 3 saturated carbocycles. The van der Waals surface area contributed by atoms with E-state index in [1.54, 1.807) is 29.5 Å². The van der Waals surface area contributed by atoms with Crippen LogP contribution in [-0.4, -0.2) is 62.5 Å². The standard InChI is InChI=1S/C19H23N3OS.C14H20O.C7H13NO3.H2/c1-22(19(23)14-5-3-2-4-6-14)17-11-15(9-10-20-17)16-12-21-18(24-16)13-7-8-13;1-11-10-13(8-9-14(11)15-2)12-6-4-3-5-7-12;1-10-7(9)8-6-2-4-11-5-3-6;/h9-14H,2-8H2,1H3;8-10,12H,3-7H2,1-2H3;6H,2-5H2,1H3,(H,8,9);1H. The Morgan fingerprint density at radius 3 is 2.22 bits per heavy atom. The highest BCUT2D eigenvalue weighted by Crippen LogP contribution is 2.43. The second kappa shape index (κ2) is 19.2. The number of hydrogen-bond acceptors (Lipinski definition) is 8. The topological polar surface area (TPSA) is 103 Å².